The molecule has 0 aliphatic heterocycles. The van der Waals surface area contributed by atoms with Crippen LogP contribution in [0.3, 0.4) is 0 Å². The molecule has 0 fully saturated rings. The third-order valence-corrected chi connectivity index (χ3v) is 5.54. The van der Waals surface area contributed by atoms with Crippen LogP contribution in [0.2, 0.25) is 0 Å². The predicted molar refractivity (Wildman–Crippen MR) is 123 cm³/mol. The van der Waals surface area contributed by atoms with Crippen molar-refractivity contribution in [1.29, 1.82) is 0 Å². The van der Waals surface area contributed by atoms with Gasteiger partial charge in [-0.1, -0.05) is 76.3 Å². The van der Waals surface area contributed by atoms with E-state index in [2.05, 4.69) is 75.5 Å². The molecule has 1 heterocycles. The van der Waals surface area contributed by atoms with E-state index in [1.165, 1.54) is 5.56 Å². The summed E-state index contributed by atoms with van der Waals surface area (Å²) in [5.74, 6) is 0.410. The fraction of sp³-hybridized carbons (Fsp3) is 0.385. The molecule has 0 bridgehead atoms. The lowest BCUT2D eigenvalue weighted by Crippen LogP contribution is -2.34. The first kappa shape index (κ1) is 21.0. The van der Waals surface area contributed by atoms with Gasteiger partial charge in [0.2, 0.25) is 0 Å². The molecular weight excluding hydrogens is 356 g/mol. The molecule has 0 radical (unpaired) electrons. The maximum absolute atomic E-state index is 13.0. The van der Waals surface area contributed by atoms with Gasteiger partial charge in [0.05, 0.1) is 22.6 Å². The van der Waals surface area contributed by atoms with E-state index in [1.54, 1.807) is 0 Å². The molecule has 2 atom stereocenters. The zero-order valence-corrected chi connectivity index (χ0v) is 18.4. The van der Waals surface area contributed by atoms with Crippen LogP contribution in [0.1, 0.15) is 75.7 Å². The van der Waals surface area contributed by atoms with E-state index in [-0.39, 0.29) is 18.8 Å². The average molecular weight is 391 g/mol. The summed E-state index contributed by atoms with van der Waals surface area (Å²) in [6.07, 6.45) is 9.40. The second-order valence-electron chi connectivity index (χ2n) is 9.13. The minimum atomic E-state index is -0.0852. The van der Waals surface area contributed by atoms with Crippen LogP contribution in [-0.2, 0) is 5.41 Å². The Bertz CT molecular complexity index is 1050. The summed E-state index contributed by atoms with van der Waals surface area (Å²) < 4.78 is 0. The molecule has 1 N–H and O–H groups in total. The van der Waals surface area contributed by atoms with Gasteiger partial charge in [-0.3, -0.25) is 9.78 Å². The van der Waals surface area contributed by atoms with Gasteiger partial charge in [-0.15, -0.1) is 0 Å². The Morgan fingerprint density at radius 3 is 2.59 bits per heavy atom. The Balaban J connectivity index is 0.00000320. The minimum Gasteiger partial charge on any atom is -0.345 e. The highest BCUT2D eigenvalue weighted by molar-refractivity contribution is 5.95. The normalized spacial score (nSPS) is 20.7. The van der Waals surface area contributed by atoms with Gasteiger partial charge in [0.15, 0.2) is 0 Å². The Morgan fingerprint density at radius 1 is 1.24 bits per heavy atom. The van der Waals surface area contributed by atoms with Crippen LogP contribution in [0.4, 0.5) is 0 Å². The molecule has 1 aromatic heterocycles. The molecule has 2 unspecified atom stereocenters. The maximum atomic E-state index is 13.0. The van der Waals surface area contributed by atoms with Crippen molar-refractivity contribution in [1.82, 2.24) is 10.3 Å². The van der Waals surface area contributed by atoms with E-state index in [0.29, 0.717) is 11.5 Å². The number of fused-ring (bicyclic) bond motifs is 1. The van der Waals surface area contributed by atoms with Crippen molar-refractivity contribution in [2.45, 2.75) is 59.4 Å². The summed E-state index contributed by atoms with van der Waals surface area (Å²) in [6.45, 7) is 12.7. The third-order valence-electron chi connectivity index (χ3n) is 5.54. The highest BCUT2D eigenvalue weighted by atomic mass is 16.1. The first-order valence-corrected chi connectivity index (χ1v) is 10.4. The Morgan fingerprint density at radius 2 is 1.93 bits per heavy atom. The van der Waals surface area contributed by atoms with E-state index in [1.807, 2.05) is 26.0 Å². The van der Waals surface area contributed by atoms with Gasteiger partial charge in [-0.05, 0) is 48.8 Å². The zero-order valence-electron chi connectivity index (χ0n) is 18.4. The van der Waals surface area contributed by atoms with Gasteiger partial charge >= 0.3 is 0 Å². The van der Waals surface area contributed by atoms with Gasteiger partial charge in [-0.2, -0.15) is 0 Å². The minimum absolute atomic E-state index is 0. The third kappa shape index (κ3) is 5.03. The Kier molecular flexibility index (Phi) is 6.07. The number of allylic oxidation sites excluding steroid dienone is 2. The number of carbonyl (C=O) groups is 1. The zero-order chi connectivity index (χ0) is 21.2. The molecule has 3 heteroatoms. The van der Waals surface area contributed by atoms with Crippen LogP contribution in [0, 0.1) is 12.8 Å². The number of nitrogens with one attached hydrogen (secondary N) is 1. The molecule has 0 spiro atoms. The fourth-order valence-corrected chi connectivity index (χ4v) is 3.52. The van der Waals surface area contributed by atoms with Crippen molar-refractivity contribution in [2.75, 3.05) is 0 Å². The number of benzene rings is 1. The molecular formula is C26H34N2O. The monoisotopic (exact) mass is 390 g/mol. The number of pyridine rings is 1. The SMILES string of the molecule is Cc1nc2/c(cc1C(=O)NC(C)c1ccc(C(C)(C)C)cc1)=C\C=C/C(C)C/C=2.[HH]. The molecule has 3 nitrogen and oxygen atoms in total. The molecule has 1 amide bonds. The first-order valence-electron chi connectivity index (χ1n) is 10.4. The van der Waals surface area contributed by atoms with Crippen LogP contribution >= 0.6 is 0 Å². The topological polar surface area (TPSA) is 42.0 Å². The second-order valence-corrected chi connectivity index (χ2v) is 9.13. The highest BCUT2D eigenvalue weighted by Gasteiger charge is 2.17. The first-order chi connectivity index (χ1) is 13.6. The number of aryl methyl sites for hydroxylation is 1. The lowest BCUT2D eigenvalue weighted by atomic mass is 9.86. The summed E-state index contributed by atoms with van der Waals surface area (Å²) in [7, 11) is 0. The van der Waals surface area contributed by atoms with Crippen LogP contribution < -0.4 is 15.9 Å². The lowest BCUT2D eigenvalue weighted by molar-refractivity contribution is 0.0938. The van der Waals surface area contributed by atoms with Crippen molar-refractivity contribution in [3.05, 3.63) is 75.4 Å². The number of aromatic nitrogens is 1. The van der Waals surface area contributed by atoms with E-state index in [9.17, 15) is 4.79 Å². The highest BCUT2D eigenvalue weighted by Crippen LogP contribution is 2.24. The molecule has 29 heavy (non-hydrogen) atoms. The molecule has 0 saturated heterocycles. The fourth-order valence-electron chi connectivity index (χ4n) is 3.52. The van der Waals surface area contributed by atoms with Gasteiger partial charge in [0, 0.05) is 6.65 Å². The van der Waals surface area contributed by atoms with Gasteiger partial charge in [0.25, 0.3) is 5.91 Å². The summed E-state index contributed by atoms with van der Waals surface area (Å²) in [5, 5.41) is 5.08. The maximum Gasteiger partial charge on any atom is 0.253 e. The molecule has 3 rings (SSSR count). The summed E-state index contributed by atoms with van der Waals surface area (Å²) in [6, 6.07) is 10.4. The molecule has 0 saturated carbocycles. The summed E-state index contributed by atoms with van der Waals surface area (Å²) in [4.78, 5) is 17.7. The van der Waals surface area contributed by atoms with Crippen LogP contribution in [0.5, 0.6) is 0 Å². The van der Waals surface area contributed by atoms with Gasteiger partial charge in [0.1, 0.15) is 0 Å². The van der Waals surface area contributed by atoms with Crippen molar-refractivity contribution in [3.63, 3.8) is 0 Å². The van der Waals surface area contributed by atoms with Crippen molar-refractivity contribution < 1.29 is 6.22 Å². The Hall–Kier alpha value is -2.68. The molecule has 154 valence electrons. The van der Waals surface area contributed by atoms with Gasteiger partial charge < -0.3 is 5.32 Å². The van der Waals surface area contributed by atoms with E-state index in [4.69, 9.17) is 4.98 Å². The molecule has 1 aliphatic rings. The Labute approximate surface area is 175 Å². The van der Waals surface area contributed by atoms with Crippen LogP contribution in [0.25, 0.3) is 12.2 Å². The number of carbonyl (C=O) groups excluding carboxylic acids is 1. The predicted octanol–water partition coefficient (Wildman–Crippen LogP) is 4.58. The van der Waals surface area contributed by atoms with Crippen molar-refractivity contribution in [2.24, 2.45) is 5.92 Å². The number of hydrogen-bond acceptors (Lipinski definition) is 2. The standard InChI is InChI=1S/C26H32N2O.H2/c1-17-8-7-9-21-16-23(19(3)27-24(21)15-10-17)25(29)28-18(2)20-11-13-22(14-12-20)26(4,5)6;/h7-9,11-18H,10H2,1-6H3,(H,28,29);1H/b8-7-,21-9-,24-15-;. The summed E-state index contributed by atoms with van der Waals surface area (Å²) >= 11 is 0. The van der Waals surface area contributed by atoms with Crippen molar-refractivity contribution in [3.8, 4) is 0 Å². The second kappa shape index (κ2) is 8.36. The lowest BCUT2D eigenvalue weighted by Gasteiger charge is -2.21. The average Bonchev–Trinajstić information content (AvgIpc) is 2.65. The molecule has 1 aromatic carbocycles. The van der Waals surface area contributed by atoms with Crippen LogP contribution in [0.15, 0.2) is 42.5 Å². The van der Waals surface area contributed by atoms with E-state index < -0.39 is 0 Å². The van der Waals surface area contributed by atoms with Crippen molar-refractivity contribution >= 4 is 18.1 Å². The quantitative estimate of drug-likeness (QED) is 0.833. The van der Waals surface area contributed by atoms with Gasteiger partial charge in [-0.25, -0.2) is 0 Å². The largest absolute Gasteiger partial charge is 0.345 e. The molecule has 1 aliphatic carbocycles. The van der Waals surface area contributed by atoms with Crippen LogP contribution in [-0.4, -0.2) is 10.9 Å². The molecule has 2 aromatic rings. The summed E-state index contributed by atoms with van der Waals surface area (Å²) in [5.41, 5.74) is 3.90. The number of nitrogens with zero attached hydrogens (tertiary/aromatic N) is 1. The number of hydrogen-bond donors (Lipinski definition) is 1. The van der Waals surface area contributed by atoms with E-state index in [0.717, 1.165) is 28.2 Å². The smallest absolute Gasteiger partial charge is 0.253 e. The van der Waals surface area contributed by atoms with E-state index >= 15 is 0 Å². The number of rotatable bonds is 3. The number of amides is 1.